The van der Waals surface area contributed by atoms with E-state index in [1.807, 2.05) is 0 Å². The summed E-state index contributed by atoms with van der Waals surface area (Å²) in [5.41, 5.74) is 3.95. The zero-order valence-electron chi connectivity index (χ0n) is 7.44. The van der Waals surface area contributed by atoms with E-state index in [1.54, 1.807) is 13.8 Å². The molecule has 2 unspecified atom stereocenters. The first-order valence-electron chi connectivity index (χ1n) is 3.53. The zero-order valence-corrected chi connectivity index (χ0v) is 8.26. The van der Waals surface area contributed by atoms with Gasteiger partial charge in [-0.3, -0.25) is 4.79 Å². The molecule has 0 aliphatic carbocycles. The van der Waals surface area contributed by atoms with Crippen LogP contribution in [0.15, 0.2) is 0 Å². The van der Waals surface area contributed by atoms with Crippen molar-refractivity contribution in [1.82, 2.24) is 0 Å². The molecule has 4 N–H and O–H groups in total. The van der Waals surface area contributed by atoms with Gasteiger partial charge in [0.25, 0.3) is 0 Å². The first-order chi connectivity index (χ1) is 4.83. The van der Waals surface area contributed by atoms with Crippen molar-refractivity contribution in [2.75, 3.05) is 0 Å². The summed E-state index contributed by atoms with van der Waals surface area (Å²) < 4.78 is 0. The predicted octanol–water partition coefficient (Wildman–Crippen LogP) is 0.227. The number of nitrogens with two attached hydrogens (primary N) is 1. The van der Waals surface area contributed by atoms with Crippen LogP contribution in [0.3, 0.4) is 0 Å². The summed E-state index contributed by atoms with van der Waals surface area (Å²) in [4.78, 5) is 10.6. The maximum atomic E-state index is 10.6. The van der Waals surface area contributed by atoms with Crippen molar-refractivity contribution in [3.8, 4) is 0 Å². The highest BCUT2D eigenvalue weighted by atomic mass is 35.5. The van der Waals surface area contributed by atoms with E-state index < -0.39 is 17.6 Å². The van der Waals surface area contributed by atoms with Gasteiger partial charge in [0.2, 0.25) is 0 Å². The molecule has 0 radical (unpaired) electrons. The van der Waals surface area contributed by atoms with Crippen molar-refractivity contribution < 1.29 is 15.0 Å². The van der Waals surface area contributed by atoms with Crippen LogP contribution < -0.4 is 5.73 Å². The normalized spacial score (nSPS) is 17.8. The second kappa shape index (κ2) is 4.64. The Labute approximate surface area is 78.2 Å². The van der Waals surface area contributed by atoms with Gasteiger partial charge in [0.1, 0.15) is 5.54 Å². The molecule has 5 heteroatoms. The SMILES string of the molecule is CC(C)C(N)(C(=O)O)C(C)O.Cl. The summed E-state index contributed by atoms with van der Waals surface area (Å²) in [5, 5.41) is 17.8. The Bertz CT molecular complexity index is 151. The molecule has 0 aliphatic rings. The molecule has 0 bridgehead atoms. The third kappa shape index (κ3) is 2.33. The van der Waals surface area contributed by atoms with Gasteiger partial charge in [0.15, 0.2) is 0 Å². The number of aliphatic hydroxyl groups is 1. The van der Waals surface area contributed by atoms with E-state index in [4.69, 9.17) is 15.9 Å². The predicted molar refractivity (Wildman–Crippen MR) is 48.3 cm³/mol. The molecule has 0 rings (SSSR count). The number of aliphatic carboxylic acids is 1. The number of rotatable bonds is 3. The van der Waals surface area contributed by atoms with E-state index in [1.165, 1.54) is 6.92 Å². The van der Waals surface area contributed by atoms with Gasteiger partial charge in [-0.2, -0.15) is 0 Å². The Morgan fingerprint density at radius 2 is 1.75 bits per heavy atom. The molecule has 0 heterocycles. The maximum Gasteiger partial charge on any atom is 0.326 e. The van der Waals surface area contributed by atoms with Crippen LogP contribution >= 0.6 is 12.4 Å². The molecular formula is C7H16ClNO3. The number of halogens is 1. The van der Waals surface area contributed by atoms with Gasteiger partial charge in [-0.1, -0.05) is 13.8 Å². The fourth-order valence-electron chi connectivity index (χ4n) is 0.908. The number of carboxylic acids is 1. The first kappa shape index (κ1) is 14.2. The third-order valence-electron chi connectivity index (χ3n) is 2.02. The molecule has 0 aromatic heterocycles. The zero-order chi connectivity index (χ0) is 9.23. The summed E-state index contributed by atoms with van der Waals surface area (Å²) in [7, 11) is 0. The monoisotopic (exact) mass is 197 g/mol. The summed E-state index contributed by atoms with van der Waals surface area (Å²) in [6, 6.07) is 0. The van der Waals surface area contributed by atoms with Crippen molar-refractivity contribution in [2.45, 2.75) is 32.4 Å². The van der Waals surface area contributed by atoms with Gasteiger partial charge in [0, 0.05) is 0 Å². The lowest BCUT2D eigenvalue weighted by molar-refractivity contribution is -0.150. The van der Waals surface area contributed by atoms with Crippen LogP contribution in [0.1, 0.15) is 20.8 Å². The van der Waals surface area contributed by atoms with Crippen LogP contribution in [0.2, 0.25) is 0 Å². The lowest BCUT2D eigenvalue weighted by Gasteiger charge is -2.31. The van der Waals surface area contributed by atoms with Crippen LogP contribution in [0.5, 0.6) is 0 Å². The molecule has 4 nitrogen and oxygen atoms in total. The molecule has 74 valence electrons. The van der Waals surface area contributed by atoms with Gasteiger partial charge in [-0.25, -0.2) is 0 Å². The smallest absolute Gasteiger partial charge is 0.326 e. The number of hydrogen-bond acceptors (Lipinski definition) is 3. The van der Waals surface area contributed by atoms with Crippen molar-refractivity contribution >= 4 is 18.4 Å². The molecule has 2 atom stereocenters. The lowest BCUT2D eigenvalue weighted by Crippen LogP contribution is -2.60. The van der Waals surface area contributed by atoms with E-state index in [9.17, 15) is 4.79 Å². The molecule has 0 fully saturated rings. The van der Waals surface area contributed by atoms with Gasteiger partial charge >= 0.3 is 5.97 Å². The minimum absolute atomic E-state index is 0. The van der Waals surface area contributed by atoms with Crippen LogP contribution in [-0.4, -0.2) is 27.8 Å². The minimum atomic E-state index is -1.53. The minimum Gasteiger partial charge on any atom is -0.480 e. The van der Waals surface area contributed by atoms with E-state index in [0.717, 1.165) is 0 Å². The lowest BCUT2D eigenvalue weighted by atomic mass is 9.83. The maximum absolute atomic E-state index is 10.6. The summed E-state index contributed by atoms with van der Waals surface area (Å²) in [5.74, 6) is -1.46. The molecule has 0 amide bonds. The highest BCUT2D eigenvalue weighted by Gasteiger charge is 2.42. The Morgan fingerprint density at radius 1 is 1.42 bits per heavy atom. The Balaban J connectivity index is 0. The number of carbonyl (C=O) groups is 1. The van der Waals surface area contributed by atoms with Gasteiger partial charge in [-0.05, 0) is 12.8 Å². The Morgan fingerprint density at radius 3 is 1.75 bits per heavy atom. The standard InChI is InChI=1S/C7H15NO3.ClH/c1-4(2)7(8,5(3)9)6(10)11;/h4-5,9H,8H2,1-3H3,(H,10,11);1H. The summed E-state index contributed by atoms with van der Waals surface area (Å²) >= 11 is 0. The molecule has 0 aromatic carbocycles. The van der Waals surface area contributed by atoms with Crippen molar-refractivity contribution in [3.63, 3.8) is 0 Å². The first-order valence-corrected chi connectivity index (χ1v) is 3.53. The Hall–Kier alpha value is -0.320. The fraction of sp³-hybridized carbons (Fsp3) is 0.857. The van der Waals surface area contributed by atoms with E-state index in [2.05, 4.69) is 0 Å². The highest BCUT2D eigenvalue weighted by Crippen LogP contribution is 2.18. The van der Waals surface area contributed by atoms with Crippen molar-refractivity contribution in [1.29, 1.82) is 0 Å². The van der Waals surface area contributed by atoms with E-state index in [0.29, 0.717) is 0 Å². The molecule has 0 saturated heterocycles. The molecule has 0 saturated carbocycles. The average Bonchev–Trinajstić information content (AvgIpc) is 1.84. The molecule has 0 aromatic rings. The van der Waals surface area contributed by atoms with Gasteiger partial charge < -0.3 is 15.9 Å². The average molecular weight is 198 g/mol. The van der Waals surface area contributed by atoms with Gasteiger partial charge in [-0.15, -0.1) is 12.4 Å². The number of aliphatic hydroxyl groups excluding tert-OH is 1. The molecule has 0 aliphatic heterocycles. The number of hydrogen-bond donors (Lipinski definition) is 3. The quantitative estimate of drug-likeness (QED) is 0.605. The van der Waals surface area contributed by atoms with Crippen molar-refractivity contribution in [2.24, 2.45) is 11.7 Å². The molecule has 12 heavy (non-hydrogen) atoms. The summed E-state index contributed by atoms with van der Waals surface area (Å²) in [6.07, 6.45) is -1.04. The van der Waals surface area contributed by atoms with Crippen LogP contribution in [0.4, 0.5) is 0 Å². The topological polar surface area (TPSA) is 83.6 Å². The second-order valence-corrected chi connectivity index (χ2v) is 3.07. The summed E-state index contributed by atoms with van der Waals surface area (Å²) in [6.45, 7) is 4.72. The van der Waals surface area contributed by atoms with Crippen LogP contribution in [-0.2, 0) is 4.79 Å². The van der Waals surface area contributed by atoms with E-state index >= 15 is 0 Å². The van der Waals surface area contributed by atoms with E-state index in [-0.39, 0.29) is 18.3 Å². The highest BCUT2D eigenvalue weighted by molar-refractivity contribution is 5.85. The molecule has 0 spiro atoms. The molecular weight excluding hydrogens is 182 g/mol. The number of carboxylic acid groups (broad SMARTS) is 1. The fourth-order valence-corrected chi connectivity index (χ4v) is 0.908. The van der Waals surface area contributed by atoms with Crippen LogP contribution in [0, 0.1) is 5.92 Å². The largest absolute Gasteiger partial charge is 0.480 e. The Kier molecular flexibility index (Phi) is 5.50. The van der Waals surface area contributed by atoms with Crippen LogP contribution in [0.25, 0.3) is 0 Å². The second-order valence-electron chi connectivity index (χ2n) is 3.07. The van der Waals surface area contributed by atoms with Gasteiger partial charge in [0.05, 0.1) is 6.10 Å². The van der Waals surface area contributed by atoms with Crippen molar-refractivity contribution in [3.05, 3.63) is 0 Å². The third-order valence-corrected chi connectivity index (χ3v) is 2.02.